The number of likely N-dealkylation sites (N-methyl/N-ethyl adjacent to an activating group) is 1. The number of nitrogens with zero attached hydrogens (tertiary/aromatic N) is 3. The Bertz CT molecular complexity index is 1120. The Balaban J connectivity index is 1.71. The van der Waals surface area contributed by atoms with Gasteiger partial charge in [-0.3, -0.25) is 9.59 Å². The maximum absolute atomic E-state index is 13.3. The zero-order valence-corrected chi connectivity index (χ0v) is 18.1. The van der Waals surface area contributed by atoms with Gasteiger partial charge in [0.2, 0.25) is 11.8 Å². The molecule has 0 saturated carbocycles. The van der Waals surface area contributed by atoms with Crippen molar-refractivity contribution in [2.75, 3.05) is 23.4 Å². The van der Waals surface area contributed by atoms with Gasteiger partial charge in [0.05, 0.1) is 23.5 Å². The summed E-state index contributed by atoms with van der Waals surface area (Å²) in [5.41, 5.74) is 5.11. The van der Waals surface area contributed by atoms with Gasteiger partial charge in [-0.1, -0.05) is 24.3 Å². The molecule has 0 aliphatic carbocycles. The van der Waals surface area contributed by atoms with E-state index in [9.17, 15) is 9.59 Å². The number of rotatable bonds is 4. The molecule has 2 heterocycles. The molecule has 2 amide bonds. The monoisotopic (exact) mass is 417 g/mol. The van der Waals surface area contributed by atoms with Gasteiger partial charge < -0.3 is 9.80 Å². The number of anilines is 2. The molecule has 3 aromatic rings. The van der Waals surface area contributed by atoms with Gasteiger partial charge in [0.15, 0.2) is 0 Å². The predicted molar refractivity (Wildman–Crippen MR) is 123 cm³/mol. The van der Waals surface area contributed by atoms with E-state index in [0.29, 0.717) is 5.69 Å². The van der Waals surface area contributed by atoms with Crippen LogP contribution in [0.3, 0.4) is 0 Å². The van der Waals surface area contributed by atoms with E-state index in [0.717, 1.165) is 33.1 Å². The highest BCUT2D eigenvalue weighted by Gasteiger charge is 2.28. The zero-order valence-electron chi connectivity index (χ0n) is 17.3. The lowest BCUT2D eigenvalue weighted by atomic mass is 10.1. The minimum Gasteiger partial charge on any atom is -0.314 e. The third-order valence-electron chi connectivity index (χ3n) is 5.37. The number of carbonyl (C=O) groups is 2. The van der Waals surface area contributed by atoms with Crippen LogP contribution in [0.1, 0.15) is 22.4 Å². The largest absolute Gasteiger partial charge is 0.314 e. The van der Waals surface area contributed by atoms with Crippen molar-refractivity contribution in [1.29, 1.82) is 0 Å². The number of amides is 2. The summed E-state index contributed by atoms with van der Waals surface area (Å²) in [5.74, 6) is -0.280. The number of thiophene rings is 1. The Morgan fingerprint density at radius 2 is 1.83 bits per heavy atom. The van der Waals surface area contributed by atoms with Crippen LogP contribution in [0.25, 0.3) is 0 Å². The average molecular weight is 418 g/mol. The third kappa shape index (κ3) is 3.91. The Kier molecular flexibility index (Phi) is 5.50. The van der Waals surface area contributed by atoms with E-state index in [1.54, 1.807) is 28.2 Å². The van der Waals surface area contributed by atoms with Crippen molar-refractivity contribution >= 4 is 45.9 Å². The fourth-order valence-corrected chi connectivity index (χ4v) is 4.16. The molecule has 0 unspecified atom stereocenters. The van der Waals surface area contributed by atoms with Crippen LogP contribution in [-0.4, -0.2) is 31.1 Å². The van der Waals surface area contributed by atoms with Crippen molar-refractivity contribution < 1.29 is 9.59 Å². The second-order valence-corrected chi connectivity index (χ2v) is 8.35. The fraction of sp³-hybridized carbons (Fsp3) is 0.208. The predicted octanol–water partition coefficient (Wildman–Crippen LogP) is 4.89. The van der Waals surface area contributed by atoms with Gasteiger partial charge >= 0.3 is 0 Å². The lowest BCUT2D eigenvalue weighted by Gasteiger charge is -2.26. The van der Waals surface area contributed by atoms with E-state index < -0.39 is 0 Å². The second kappa shape index (κ2) is 8.24. The van der Waals surface area contributed by atoms with Crippen molar-refractivity contribution in [2.45, 2.75) is 20.3 Å². The topological polar surface area (TPSA) is 53.0 Å². The van der Waals surface area contributed by atoms with Gasteiger partial charge in [-0.15, -0.1) is 11.3 Å². The number of aliphatic imine (C=N–C) groups is 1. The summed E-state index contributed by atoms with van der Waals surface area (Å²) < 4.78 is 0. The highest BCUT2D eigenvalue weighted by Crippen LogP contribution is 2.36. The Morgan fingerprint density at radius 3 is 2.53 bits per heavy atom. The number of para-hydroxylation sites is 1. The van der Waals surface area contributed by atoms with Crippen molar-refractivity contribution in [3.8, 4) is 0 Å². The van der Waals surface area contributed by atoms with Gasteiger partial charge in [-0.25, -0.2) is 4.99 Å². The van der Waals surface area contributed by atoms with Crippen molar-refractivity contribution in [3.63, 3.8) is 0 Å². The van der Waals surface area contributed by atoms with Crippen LogP contribution in [-0.2, 0) is 9.59 Å². The molecule has 4 rings (SSSR count). The molecule has 0 atom stereocenters. The number of hydrogen-bond donors (Lipinski definition) is 0. The van der Waals surface area contributed by atoms with Crippen LogP contribution in [0, 0.1) is 13.8 Å². The van der Waals surface area contributed by atoms with Crippen LogP contribution in [0.2, 0.25) is 0 Å². The normalized spacial score (nSPS) is 13.5. The van der Waals surface area contributed by atoms with Gasteiger partial charge in [0.25, 0.3) is 0 Å². The smallest absolute Gasteiger partial charge is 0.246 e. The fourth-order valence-electron chi connectivity index (χ4n) is 3.44. The summed E-state index contributed by atoms with van der Waals surface area (Å²) in [5, 5.41) is 1.98. The molecule has 2 aromatic carbocycles. The number of benzene rings is 2. The number of aryl methyl sites for hydroxylation is 2. The van der Waals surface area contributed by atoms with Gasteiger partial charge in [-0.2, -0.15) is 0 Å². The Labute approximate surface area is 180 Å². The molecule has 0 radical (unpaired) electrons. The summed E-state index contributed by atoms with van der Waals surface area (Å²) >= 11 is 1.56. The quantitative estimate of drug-likeness (QED) is 0.607. The van der Waals surface area contributed by atoms with Crippen molar-refractivity contribution in [1.82, 2.24) is 0 Å². The summed E-state index contributed by atoms with van der Waals surface area (Å²) in [7, 11) is 1.73. The van der Waals surface area contributed by atoms with E-state index in [2.05, 4.69) is 0 Å². The van der Waals surface area contributed by atoms with E-state index in [1.165, 1.54) is 0 Å². The first kappa shape index (κ1) is 20.0. The molecular weight excluding hydrogens is 394 g/mol. The molecule has 0 fully saturated rings. The van der Waals surface area contributed by atoms with Crippen LogP contribution in [0.5, 0.6) is 0 Å². The standard InChI is InChI=1S/C24H23N3O2S/c1-16-12-19-21(13-17(16)2)27(15-24(29)26(3)18-8-5-4-6-9-18)23(28)14-20(25-19)22-10-7-11-30-22/h4-13H,14-15H2,1-3H3. The van der Waals surface area contributed by atoms with Gasteiger partial charge in [-0.05, 0) is 60.7 Å². The number of fused-ring (bicyclic) bond motifs is 1. The lowest BCUT2D eigenvalue weighted by molar-refractivity contribution is -0.121. The molecule has 0 N–H and O–H groups in total. The minimum absolute atomic E-state index is 0.0348. The summed E-state index contributed by atoms with van der Waals surface area (Å²) in [4.78, 5) is 35.3. The Morgan fingerprint density at radius 1 is 1.10 bits per heavy atom. The average Bonchev–Trinajstić information content (AvgIpc) is 3.25. The Hall–Kier alpha value is -3.25. The van der Waals surface area contributed by atoms with Crippen molar-refractivity contribution in [2.24, 2.45) is 4.99 Å². The maximum Gasteiger partial charge on any atom is 0.246 e. The van der Waals surface area contributed by atoms with Crippen molar-refractivity contribution in [3.05, 3.63) is 76.0 Å². The van der Waals surface area contributed by atoms with E-state index in [-0.39, 0.29) is 24.8 Å². The molecule has 0 saturated heterocycles. The SMILES string of the molecule is Cc1cc2c(cc1C)N(CC(=O)N(C)c1ccccc1)C(=O)CC(c1cccs1)=N2. The number of hydrogen-bond acceptors (Lipinski definition) is 4. The summed E-state index contributed by atoms with van der Waals surface area (Å²) in [6, 6.07) is 17.3. The molecule has 152 valence electrons. The van der Waals surface area contributed by atoms with Crippen LogP contribution >= 0.6 is 11.3 Å². The van der Waals surface area contributed by atoms with Gasteiger partial charge in [0, 0.05) is 17.6 Å². The molecule has 6 heteroatoms. The first-order valence-corrected chi connectivity index (χ1v) is 10.7. The summed E-state index contributed by atoms with van der Waals surface area (Å²) in [6.45, 7) is 4.00. The molecule has 5 nitrogen and oxygen atoms in total. The summed E-state index contributed by atoms with van der Waals surface area (Å²) in [6.07, 6.45) is 0.162. The van der Waals surface area contributed by atoms with Crippen LogP contribution < -0.4 is 9.80 Å². The molecule has 0 bridgehead atoms. The van der Waals surface area contributed by atoms with E-state index >= 15 is 0 Å². The van der Waals surface area contributed by atoms with Crippen LogP contribution in [0.15, 0.2) is 65.0 Å². The zero-order chi connectivity index (χ0) is 21.3. The minimum atomic E-state index is -0.154. The van der Waals surface area contributed by atoms with Gasteiger partial charge in [0.1, 0.15) is 6.54 Å². The van der Waals surface area contributed by atoms with E-state index in [4.69, 9.17) is 4.99 Å². The molecular formula is C24H23N3O2S. The first-order valence-electron chi connectivity index (χ1n) is 9.78. The maximum atomic E-state index is 13.3. The molecule has 1 aliphatic rings. The third-order valence-corrected chi connectivity index (χ3v) is 6.29. The van der Waals surface area contributed by atoms with Crippen LogP contribution in [0.4, 0.5) is 17.1 Å². The molecule has 1 aromatic heterocycles. The second-order valence-electron chi connectivity index (χ2n) is 7.41. The number of carbonyl (C=O) groups excluding carboxylic acids is 2. The molecule has 0 spiro atoms. The molecule has 1 aliphatic heterocycles. The lowest BCUT2D eigenvalue weighted by Crippen LogP contribution is -2.42. The van der Waals surface area contributed by atoms with E-state index in [1.807, 2.05) is 73.8 Å². The highest BCUT2D eigenvalue weighted by atomic mass is 32.1. The first-order chi connectivity index (χ1) is 14.4. The highest BCUT2D eigenvalue weighted by molar-refractivity contribution is 7.12. The molecule has 30 heavy (non-hydrogen) atoms.